The Morgan fingerprint density at radius 1 is 1.00 bits per heavy atom. The first-order valence-electron chi connectivity index (χ1n) is 10.1. The fourth-order valence-corrected chi connectivity index (χ4v) is 5.95. The van der Waals surface area contributed by atoms with Crippen LogP contribution in [-0.4, -0.2) is 62.0 Å². The number of nitrogens with zero attached hydrogens (tertiary/aromatic N) is 3. The molecule has 4 rings (SSSR count). The molecule has 32 heavy (non-hydrogen) atoms. The Hall–Kier alpha value is -2.96. The molecule has 3 aromatic rings. The van der Waals surface area contributed by atoms with Crippen molar-refractivity contribution in [2.24, 2.45) is 0 Å². The van der Waals surface area contributed by atoms with Gasteiger partial charge in [-0.15, -0.1) is 0 Å². The van der Waals surface area contributed by atoms with E-state index in [0.717, 1.165) is 18.4 Å². The minimum absolute atomic E-state index is 0.100. The van der Waals surface area contributed by atoms with E-state index in [1.807, 2.05) is 0 Å². The van der Waals surface area contributed by atoms with Crippen molar-refractivity contribution in [3.8, 4) is 0 Å². The van der Waals surface area contributed by atoms with Crippen molar-refractivity contribution in [1.82, 2.24) is 19.2 Å². The van der Waals surface area contributed by atoms with E-state index in [0.29, 0.717) is 18.8 Å². The van der Waals surface area contributed by atoms with Crippen LogP contribution in [0, 0.1) is 0 Å². The van der Waals surface area contributed by atoms with E-state index in [1.165, 1.54) is 28.6 Å². The summed E-state index contributed by atoms with van der Waals surface area (Å²) >= 11 is 0. The van der Waals surface area contributed by atoms with E-state index in [2.05, 4.69) is 15.1 Å². The number of pyridine rings is 1. The van der Waals surface area contributed by atoms with E-state index in [4.69, 9.17) is 0 Å². The van der Waals surface area contributed by atoms with Gasteiger partial charge in [0.15, 0.2) is 0 Å². The Morgan fingerprint density at radius 3 is 2.44 bits per heavy atom. The summed E-state index contributed by atoms with van der Waals surface area (Å²) < 4.78 is 55.3. The molecule has 1 amide bonds. The highest BCUT2D eigenvalue weighted by molar-refractivity contribution is 7.92. The van der Waals surface area contributed by atoms with Crippen LogP contribution < -0.4 is 10.0 Å². The molecule has 3 heterocycles. The highest BCUT2D eigenvalue weighted by Gasteiger charge is 2.27. The Balaban J connectivity index is 1.32. The Bertz CT molecular complexity index is 1330. The first-order valence-corrected chi connectivity index (χ1v) is 13.2. The number of benzene rings is 1. The van der Waals surface area contributed by atoms with Gasteiger partial charge >= 0.3 is 0 Å². The summed E-state index contributed by atoms with van der Waals surface area (Å²) in [4.78, 5) is 12.5. The van der Waals surface area contributed by atoms with Crippen LogP contribution in [0.3, 0.4) is 0 Å². The van der Waals surface area contributed by atoms with E-state index in [-0.39, 0.29) is 22.8 Å². The molecule has 1 aromatic carbocycles. The zero-order chi connectivity index (χ0) is 22.8. The molecule has 1 aliphatic heterocycles. The molecule has 1 aliphatic rings. The molecular formula is C20H23N5O5S2. The third-order valence-electron chi connectivity index (χ3n) is 5.15. The molecule has 1 saturated heterocycles. The number of carbonyl (C=O) groups excluding carboxylic acids is 1. The highest BCUT2D eigenvalue weighted by atomic mass is 32.2. The van der Waals surface area contributed by atoms with Crippen molar-refractivity contribution in [3.05, 3.63) is 60.4 Å². The Labute approximate surface area is 186 Å². The second-order valence-electron chi connectivity index (χ2n) is 7.43. The van der Waals surface area contributed by atoms with Gasteiger partial charge in [-0.3, -0.25) is 9.52 Å². The number of hydrogen-bond acceptors (Lipinski definition) is 6. The normalized spacial score (nSPS) is 15.1. The lowest BCUT2D eigenvalue weighted by Crippen LogP contribution is -2.31. The highest BCUT2D eigenvalue weighted by Crippen LogP contribution is 2.21. The summed E-state index contributed by atoms with van der Waals surface area (Å²) in [6, 6.07) is 10.6. The van der Waals surface area contributed by atoms with E-state index in [1.54, 1.807) is 35.1 Å². The molecule has 0 radical (unpaired) electrons. The maximum atomic E-state index is 12.6. The van der Waals surface area contributed by atoms with Crippen LogP contribution in [-0.2, 0) is 20.0 Å². The maximum absolute atomic E-state index is 12.6. The lowest BCUT2D eigenvalue weighted by atomic mass is 10.2. The zero-order valence-corrected chi connectivity index (χ0v) is 18.8. The van der Waals surface area contributed by atoms with Crippen LogP contribution in [0.1, 0.15) is 23.2 Å². The minimum Gasteiger partial charge on any atom is -0.351 e. The van der Waals surface area contributed by atoms with Crippen LogP contribution >= 0.6 is 0 Å². The molecule has 2 aromatic heterocycles. The average Bonchev–Trinajstić information content (AvgIpc) is 3.45. The first kappa shape index (κ1) is 22.2. The topological polar surface area (TPSA) is 130 Å². The largest absolute Gasteiger partial charge is 0.351 e. The smallest absolute Gasteiger partial charge is 0.251 e. The van der Waals surface area contributed by atoms with Crippen LogP contribution in [0.25, 0.3) is 5.52 Å². The van der Waals surface area contributed by atoms with Gasteiger partial charge in [-0.05, 0) is 55.3 Å². The quantitative estimate of drug-likeness (QED) is 0.503. The number of anilines is 1. The average molecular weight is 478 g/mol. The summed E-state index contributed by atoms with van der Waals surface area (Å²) in [5.41, 5.74) is 1.40. The molecule has 0 bridgehead atoms. The number of aromatic nitrogens is 2. The van der Waals surface area contributed by atoms with Gasteiger partial charge in [-0.1, -0.05) is 0 Å². The van der Waals surface area contributed by atoms with Crippen molar-refractivity contribution in [2.45, 2.75) is 17.7 Å². The van der Waals surface area contributed by atoms with E-state index < -0.39 is 26.0 Å². The maximum Gasteiger partial charge on any atom is 0.251 e. The zero-order valence-electron chi connectivity index (χ0n) is 17.1. The number of sulfonamides is 2. The molecule has 12 heteroatoms. The molecule has 0 saturated carbocycles. The molecular weight excluding hydrogens is 454 g/mol. The number of rotatable bonds is 8. The summed E-state index contributed by atoms with van der Waals surface area (Å²) in [6.07, 6.45) is 4.94. The lowest BCUT2D eigenvalue weighted by molar-refractivity contribution is 0.0956. The predicted molar refractivity (Wildman–Crippen MR) is 119 cm³/mol. The molecule has 0 spiro atoms. The third kappa shape index (κ3) is 4.92. The lowest BCUT2D eigenvalue weighted by Gasteiger charge is -2.15. The van der Waals surface area contributed by atoms with Gasteiger partial charge < -0.3 is 5.32 Å². The fraction of sp³-hybridized carbons (Fsp3) is 0.300. The van der Waals surface area contributed by atoms with Gasteiger partial charge in [-0.25, -0.2) is 21.4 Å². The number of hydrogen-bond donors (Lipinski definition) is 2. The van der Waals surface area contributed by atoms with Crippen LogP contribution in [0.2, 0.25) is 0 Å². The summed E-state index contributed by atoms with van der Waals surface area (Å²) in [5, 5.41) is 6.60. The third-order valence-corrected chi connectivity index (χ3v) is 8.35. The molecule has 10 nitrogen and oxygen atoms in total. The van der Waals surface area contributed by atoms with E-state index in [9.17, 15) is 21.6 Å². The number of fused-ring (bicyclic) bond motifs is 1. The monoisotopic (exact) mass is 477 g/mol. The number of amides is 1. The van der Waals surface area contributed by atoms with Gasteiger partial charge in [0.2, 0.25) is 20.0 Å². The molecule has 1 fully saturated rings. The fourth-order valence-electron chi connectivity index (χ4n) is 3.47. The standard InChI is InChI=1S/C20H23N5O5S2/c26-20(16-3-5-19(6-4-16)32(29,30)24-11-1-2-12-24)21-10-14-31(27,28)23-17-8-13-25-18(15-17)7-9-22-25/h3-9,13,15,23H,1-2,10-12,14H2,(H,21,26). The summed E-state index contributed by atoms with van der Waals surface area (Å²) in [5.74, 6) is -0.795. The second kappa shape index (κ2) is 8.88. The minimum atomic E-state index is -3.68. The van der Waals surface area contributed by atoms with Crippen LogP contribution in [0.4, 0.5) is 5.69 Å². The van der Waals surface area contributed by atoms with Crippen molar-refractivity contribution in [1.29, 1.82) is 0 Å². The molecule has 170 valence electrons. The second-order valence-corrected chi connectivity index (χ2v) is 11.2. The number of nitrogens with one attached hydrogen (secondary N) is 2. The van der Waals surface area contributed by atoms with Crippen LogP contribution in [0.5, 0.6) is 0 Å². The van der Waals surface area contributed by atoms with Crippen molar-refractivity contribution >= 4 is 37.2 Å². The van der Waals surface area contributed by atoms with Crippen molar-refractivity contribution in [3.63, 3.8) is 0 Å². The number of carbonyl (C=O) groups is 1. The van der Waals surface area contributed by atoms with Crippen molar-refractivity contribution < 1.29 is 21.6 Å². The van der Waals surface area contributed by atoms with Crippen molar-refractivity contribution in [2.75, 3.05) is 30.1 Å². The summed E-state index contributed by atoms with van der Waals surface area (Å²) in [6.45, 7) is 0.906. The molecule has 2 N–H and O–H groups in total. The van der Waals surface area contributed by atoms with Gasteiger partial charge in [0.25, 0.3) is 5.91 Å². The van der Waals surface area contributed by atoms with Crippen LogP contribution in [0.15, 0.2) is 59.8 Å². The van der Waals surface area contributed by atoms with Gasteiger partial charge in [0.05, 0.1) is 21.9 Å². The molecule has 0 atom stereocenters. The molecule has 0 unspecified atom stereocenters. The van der Waals surface area contributed by atoms with Gasteiger partial charge in [0.1, 0.15) is 0 Å². The summed E-state index contributed by atoms with van der Waals surface area (Å²) in [7, 11) is -7.23. The first-order chi connectivity index (χ1) is 15.2. The van der Waals surface area contributed by atoms with Gasteiger partial charge in [-0.2, -0.15) is 9.40 Å². The Kier molecular flexibility index (Phi) is 6.17. The molecule has 0 aliphatic carbocycles. The van der Waals surface area contributed by atoms with E-state index >= 15 is 0 Å². The predicted octanol–water partition coefficient (Wildman–Crippen LogP) is 1.29. The Morgan fingerprint density at radius 2 is 1.72 bits per heavy atom. The van der Waals surface area contributed by atoms with Gasteiger partial charge in [0, 0.05) is 37.6 Å². The SMILES string of the molecule is O=C(NCCS(=O)(=O)Nc1ccn2nccc2c1)c1ccc(S(=O)(=O)N2CCCC2)cc1.